The first-order valence-electron chi connectivity index (χ1n) is 16.0. The largest absolute Gasteiger partial charge is 0.466 e. The molecule has 0 spiro atoms. The Hall–Kier alpha value is -3.56. The average Bonchev–Trinajstić information content (AvgIpc) is 3.03. The van der Waals surface area contributed by atoms with Crippen molar-refractivity contribution < 1.29 is 49.0 Å². The molecule has 0 unspecified atom stereocenters. The Morgan fingerprint density at radius 3 is 1.86 bits per heavy atom. The summed E-state index contributed by atoms with van der Waals surface area (Å²) in [6.45, 7) is 3.81. The summed E-state index contributed by atoms with van der Waals surface area (Å²) in [7, 11) is 0. The summed E-state index contributed by atoms with van der Waals surface area (Å²) in [6.07, 6.45) is -8.84. The molecule has 0 N–H and O–H groups in total. The lowest BCUT2D eigenvalue weighted by Gasteiger charge is -2.35. The Morgan fingerprint density at radius 1 is 0.780 bits per heavy atom. The second kappa shape index (κ2) is 16.2. The minimum Gasteiger partial charge on any atom is -0.466 e. The molecule has 3 aromatic rings. The summed E-state index contributed by atoms with van der Waals surface area (Å²) < 4.78 is 130. The molecular formula is C34H36BrF9N4O2. The Bertz CT molecular complexity index is 1560. The number of carbonyl (C=O) groups excluding carboxylic acids is 1. The number of hydrogen-bond acceptors (Lipinski definition) is 6. The summed E-state index contributed by atoms with van der Waals surface area (Å²) in [5.41, 5.74) is -3.84. The Morgan fingerprint density at radius 2 is 1.34 bits per heavy atom. The fourth-order valence-electron chi connectivity index (χ4n) is 6.18. The fraction of sp³-hybridized carbons (Fsp3) is 0.500. The van der Waals surface area contributed by atoms with Crippen LogP contribution in [0.25, 0.3) is 0 Å². The number of carbonyl (C=O) groups is 1. The number of ether oxygens (including phenoxy) is 1. The van der Waals surface area contributed by atoms with E-state index in [2.05, 4.69) is 25.9 Å². The quantitative estimate of drug-likeness (QED) is 0.135. The third-order valence-corrected chi connectivity index (χ3v) is 9.02. The first kappa shape index (κ1) is 39.2. The highest BCUT2D eigenvalue weighted by Gasteiger charge is 2.37. The number of hydrogen-bond donors (Lipinski definition) is 0. The van der Waals surface area contributed by atoms with Gasteiger partial charge in [0, 0.05) is 50.7 Å². The number of anilines is 2. The van der Waals surface area contributed by atoms with Gasteiger partial charge in [-0.1, -0.05) is 0 Å². The highest BCUT2D eigenvalue weighted by molar-refractivity contribution is 9.10. The third-order valence-electron chi connectivity index (χ3n) is 8.61. The molecular weight excluding hydrogens is 747 g/mol. The number of alkyl halides is 9. The molecule has 1 aliphatic carbocycles. The molecule has 6 nitrogen and oxygen atoms in total. The van der Waals surface area contributed by atoms with Crippen LogP contribution in [0.3, 0.4) is 0 Å². The van der Waals surface area contributed by atoms with E-state index in [0.29, 0.717) is 48.4 Å². The monoisotopic (exact) mass is 782 g/mol. The van der Waals surface area contributed by atoms with Crippen LogP contribution >= 0.6 is 15.9 Å². The molecule has 0 amide bonds. The van der Waals surface area contributed by atoms with Crippen LogP contribution < -0.4 is 9.80 Å². The van der Waals surface area contributed by atoms with Crippen molar-refractivity contribution in [3.8, 4) is 0 Å². The van der Waals surface area contributed by atoms with Crippen LogP contribution in [0, 0.1) is 11.8 Å². The lowest BCUT2D eigenvalue weighted by molar-refractivity contribution is -0.145. The molecule has 274 valence electrons. The maximum Gasteiger partial charge on any atom is 0.416 e. The molecule has 0 saturated heterocycles. The van der Waals surface area contributed by atoms with Crippen LogP contribution in [0.5, 0.6) is 0 Å². The van der Waals surface area contributed by atoms with Gasteiger partial charge in [0.05, 0.1) is 27.8 Å². The summed E-state index contributed by atoms with van der Waals surface area (Å²) in [4.78, 5) is 23.4. The van der Waals surface area contributed by atoms with Crippen molar-refractivity contribution in [1.82, 2.24) is 9.97 Å². The number of aromatic nitrogens is 2. The van der Waals surface area contributed by atoms with Crippen LogP contribution in [0.4, 0.5) is 51.1 Å². The predicted octanol–water partition coefficient (Wildman–Crippen LogP) is 10.1. The topological polar surface area (TPSA) is 58.6 Å². The van der Waals surface area contributed by atoms with Gasteiger partial charge < -0.3 is 14.5 Å². The lowest BCUT2D eigenvalue weighted by Crippen LogP contribution is -2.33. The molecule has 0 atom stereocenters. The van der Waals surface area contributed by atoms with Gasteiger partial charge >= 0.3 is 24.5 Å². The smallest absolute Gasteiger partial charge is 0.416 e. The van der Waals surface area contributed by atoms with Gasteiger partial charge in [0.15, 0.2) is 0 Å². The van der Waals surface area contributed by atoms with Gasteiger partial charge in [-0.2, -0.15) is 39.5 Å². The average molecular weight is 784 g/mol. The summed E-state index contributed by atoms with van der Waals surface area (Å²) in [5.74, 6) is -0.0272. The molecule has 1 fully saturated rings. The van der Waals surface area contributed by atoms with Crippen molar-refractivity contribution in [3.63, 3.8) is 0 Å². The molecule has 1 saturated carbocycles. The van der Waals surface area contributed by atoms with Crippen molar-refractivity contribution in [2.24, 2.45) is 11.8 Å². The number of benzene rings is 2. The highest BCUT2D eigenvalue weighted by Crippen LogP contribution is 2.39. The minimum atomic E-state index is -5.09. The van der Waals surface area contributed by atoms with Crippen LogP contribution in [-0.2, 0) is 41.1 Å². The number of nitrogens with zero attached hydrogens (tertiary/aromatic N) is 4. The molecule has 16 heteroatoms. The van der Waals surface area contributed by atoms with Crippen LogP contribution in [0.2, 0.25) is 0 Å². The fourth-order valence-corrected chi connectivity index (χ4v) is 6.39. The minimum absolute atomic E-state index is 0.0122. The van der Waals surface area contributed by atoms with E-state index in [1.165, 1.54) is 23.4 Å². The molecule has 2 aromatic carbocycles. The Kier molecular flexibility index (Phi) is 12.7. The normalized spacial score (nSPS) is 17.0. The number of esters is 1. The molecule has 1 aliphatic rings. The second-order valence-electron chi connectivity index (χ2n) is 12.2. The second-order valence-corrected chi connectivity index (χ2v) is 13.2. The van der Waals surface area contributed by atoms with Crippen molar-refractivity contribution in [2.75, 3.05) is 29.5 Å². The van der Waals surface area contributed by atoms with Crippen molar-refractivity contribution >= 4 is 33.5 Å². The summed E-state index contributed by atoms with van der Waals surface area (Å²) >= 11 is 3.18. The molecule has 0 aliphatic heterocycles. The molecule has 0 bridgehead atoms. The zero-order chi connectivity index (χ0) is 36.9. The van der Waals surface area contributed by atoms with E-state index in [9.17, 15) is 44.3 Å². The molecule has 50 heavy (non-hydrogen) atoms. The van der Waals surface area contributed by atoms with E-state index in [0.717, 1.165) is 37.8 Å². The Balaban J connectivity index is 1.70. The zero-order valence-corrected chi connectivity index (χ0v) is 28.8. The van der Waals surface area contributed by atoms with Gasteiger partial charge in [-0.05, 0) is 115 Å². The first-order chi connectivity index (χ1) is 23.4. The van der Waals surface area contributed by atoms with E-state index in [-0.39, 0.29) is 47.5 Å². The van der Waals surface area contributed by atoms with E-state index >= 15 is 0 Å². The van der Waals surface area contributed by atoms with Gasteiger partial charge in [0.25, 0.3) is 0 Å². The van der Waals surface area contributed by atoms with E-state index in [1.54, 1.807) is 6.92 Å². The van der Waals surface area contributed by atoms with Gasteiger partial charge in [-0.25, -0.2) is 9.97 Å². The van der Waals surface area contributed by atoms with Crippen molar-refractivity contribution in [2.45, 2.75) is 77.6 Å². The standard InChI is InChI=1S/C34H36BrF9N4O2/c1-3-47(18-22-7-5-21(6-8-22)13-30(49)50-4-2)29-10-9-25(32(36,37)38)14-24(29)20-48(31-45-16-28(35)17-46-31)19-23-11-26(33(39,40)41)15-27(12-23)34(42,43)44/h9-12,14-17,21-22H,3-8,13,18-20H2,1-2H3. The molecule has 1 heterocycles. The SMILES string of the molecule is CCOC(=O)CC1CCC(CN(CC)c2ccc(C(F)(F)F)cc2CN(Cc2cc(C(F)(F)F)cc(C(F)(F)F)c2)c2ncc(Br)cn2)CC1. The van der Waals surface area contributed by atoms with Gasteiger partial charge in [0.1, 0.15) is 0 Å². The maximum atomic E-state index is 14.0. The summed E-state index contributed by atoms with van der Waals surface area (Å²) in [6, 6.07) is 4.38. The van der Waals surface area contributed by atoms with Gasteiger partial charge in [-0.15, -0.1) is 0 Å². The van der Waals surface area contributed by atoms with Crippen molar-refractivity contribution in [1.29, 1.82) is 0 Å². The number of halogens is 10. The van der Waals surface area contributed by atoms with Gasteiger partial charge in [0.2, 0.25) is 5.95 Å². The first-order valence-corrected chi connectivity index (χ1v) is 16.8. The van der Waals surface area contributed by atoms with Crippen molar-refractivity contribution in [3.05, 3.63) is 81.1 Å². The zero-order valence-electron chi connectivity index (χ0n) is 27.2. The van der Waals surface area contributed by atoms with Crippen LogP contribution in [0.1, 0.15) is 73.8 Å². The van der Waals surface area contributed by atoms with E-state index < -0.39 is 41.8 Å². The highest BCUT2D eigenvalue weighted by atomic mass is 79.9. The molecule has 0 radical (unpaired) electrons. The predicted molar refractivity (Wildman–Crippen MR) is 172 cm³/mol. The van der Waals surface area contributed by atoms with E-state index in [4.69, 9.17) is 4.74 Å². The maximum absolute atomic E-state index is 14.0. The van der Waals surface area contributed by atoms with Crippen LogP contribution in [0.15, 0.2) is 53.3 Å². The lowest BCUT2D eigenvalue weighted by atomic mass is 9.80. The van der Waals surface area contributed by atoms with Gasteiger partial charge in [-0.3, -0.25) is 4.79 Å². The van der Waals surface area contributed by atoms with Crippen LogP contribution in [-0.4, -0.2) is 35.6 Å². The summed E-state index contributed by atoms with van der Waals surface area (Å²) in [5, 5.41) is 0. The third kappa shape index (κ3) is 10.7. The molecule has 1 aromatic heterocycles. The number of rotatable bonds is 12. The van der Waals surface area contributed by atoms with E-state index in [1.807, 2.05) is 11.8 Å². The Labute approximate surface area is 292 Å². The molecule has 4 rings (SSSR count).